The molecule has 0 saturated carbocycles. The van der Waals surface area contributed by atoms with Crippen molar-refractivity contribution in [3.63, 3.8) is 0 Å². The molecule has 0 aromatic carbocycles. The van der Waals surface area contributed by atoms with Gasteiger partial charge in [-0.15, -0.1) is 11.3 Å². The van der Waals surface area contributed by atoms with Crippen molar-refractivity contribution in [2.24, 2.45) is 0 Å². The Balaban J connectivity index is 2.50. The van der Waals surface area contributed by atoms with Crippen molar-refractivity contribution < 1.29 is 9.59 Å². The molecule has 0 bridgehead atoms. The summed E-state index contributed by atoms with van der Waals surface area (Å²) in [6, 6.07) is 0. The smallest absolute Gasteiger partial charge is 0.226 e. The fraction of sp³-hybridized carbons (Fsp3) is 0.500. The highest BCUT2D eigenvalue weighted by atomic mass is 32.1. The molecule has 1 N–H and O–H groups in total. The van der Waals surface area contributed by atoms with Crippen LogP contribution in [0.15, 0.2) is 5.38 Å². The van der Waals surface area contributed by atoms with Gasteiger partial charge in [-0.05, 0) is 6.42 Å². The van der Waals surface area contributed by atoms with E-state index < -0.39 is 0 Å². The van der Waals surface area contributed by atoms with E-state index in [0.29, 0.717) is 17.2 Å². The topological polar surface area (TPSA) is 59.1 Å². The summed E-state index contributed by atoms with van der Waals surface area (Å²) >= 11 is 1.28. The van der Waals surface area contributed by atoms with E-state index in [9.17, 15) is 9.59 Å². The van der Waals surface area contributed by atoms with Gasteiger partial charge in [-0.1, -0.05) is 13.3 Å². The lowest BCUT2D eigenvalue weighted by atomic mass is 10.2. The summed E-state index contributed by atoms with van der Waals surface area (Å²) < 4.78 is 0. The van der Waals surface area contributed by atoms with Crippen molar-refractivity contribution in [1.82, 2.24) is 4.98 Å². The normalized spacial score (nSPS) is 10.0. The summed E-state index contributed by atoms with van der Waals surface area (Å²) in [5.74, 6) is -0.124. The third-order valence-corrected chi connectivity index (χ3v) is 2.63. The van der Waals surface area contributed by atoms with E-state index in [-0.39, 0.29) is 11.7 Å². The predicted molar refractivity (Wildman–Crippen MR) is 60.3 cm³/mol. The Morgan fingerprint density at radius 1 is 1.53 bits per heavy atom. The molecule has 1 aromatic heterocycles. The number of nitrogens with one attached hydrogen (secondary N) is 1. The first-order valence-corrected chi connectivity index (χ1v) is 5.77. The molecule has 15 heavy (non-hydrogen) atoms. The molecule has 1 heterocycles. The Kier molecular flexibility index (Phi) is 4.42. The lowest BCUT2D eigenvalue weighted by Crippen LogP contribution is -2.10. The summed E-state index contributed by atoms with van der Waals surface area (Å²) in [6.07, 6.45) is 2.37. The van der Waals surface area contributed by atoms with Crippen LogP contribution in [0.2, 0.25) is 0 Å². The lowest BCUT2D eigenvalue weighted by molar-refractivity contribution is -0.116. The Morgan fingerprint density at radius 3 is 2.80 bits per heavy atom. The Hall–Kier alpha value is -1.23. The first-order valence-electron chi connectivity index (χ1n) is 4.89. The second-order valence-electron chi connectivity index (χ2n) is 3.25. The molecule has 0 spiro atoms. The van der Waals surface area contributed by atoms with E-state index >= 15 is 0 Å². The van der Waals surface area contributed by atoms with Crippen molar-refractivity contribution in [1.29, 1.82) is 0 Å². The zero-order chi connectivity index (χ0) is 11.3. The molecule has 1 aromatic rings. The number of nitrogens with zero attached hydrogens (tertiary/aromatic N) is 1. The Bertz CT molecular complexity index is 360. The third kappa shape index (κ3) is 3.79. The molecule has 0 fully saturated rings. The maximum absolute atomic E-state index is 11.3. The van der Waals surface area contributed by atoms with Gasteiger partial charge in [-0.25, -0.2) is 4.98 Å². The average molecular weight is 226 g/mol. The highest BCUT2D eigenvalue weighted by Crippen LogP contribution is 2.16. The third-order valence-electron chi connectivity index (χ3n) is 1.87. The van der Waals surface area contributed by atoms with E-state index in [2.05, 4.69) is 10.3 Å². The van der Waals surface area contributed by atoms with Crippen molar-refractivity contribution in [2.45, 2.75) is 33.1 Å². The van der Waals surface area contributed by atoms with Gasteiger partial charge in [0.15, 0.2) is 10.9 Å². The summed E-state index contributed by atoms with van der Waals surface area (Å²) in [6.45, 7) is 3.49. The van der Waals surface area contributed by atoms with E-state index in [0.717, 1.165) is 12.8 Å². The first kappa shape index (κ1) is 11.8. The van der Waals surface area contributed by atoms with Gasteiger partial charge >= 0.3 is 0 Å². The van der Waals surface area contributed by atoms with Gasteiger partial charge in [0.05, 0.1) is 0 Å². The Labute approximate surface area is 92.7 Å². The van der Waals surface area contributed by atoms with Gasteiger partial charge in [0, 0.05) is 18.7 Å². The number of thiazole rings is 1. The highest BCUT2D eigenvalue weighted by molar-refractivity contribution is 7.14. The predicted octanol–water partition coefficient (Wildman–Crippen LogP) is 2.47. The maximum Gasteiger partial charge on any atom is 0.226 e. The van der Waals surface area contributed by atoms with Crippen molar-refractivity contribution >= 4 is 28.2 Å². The fourth-order valence-corrected chi connectivity index (χ4v) is 1.78. The van der Waals surface area contributed by atoms with Crippen LogP contribution in [0.5, 0.6) is 0 Å². The second-order valence-corrected chi connectivity index (χ2v) is 4.10. The van der Waals surface area contributed by atoms with Gasteiger partial charge in [-0.3, -0.25) is 9.59 Å². The number of rotatable bonds is 5. The minimum atomic E-state index is -0.0830. The molecule has 82 valence electrons. The number of hydrogen-bond donors (Lipinski definition) is 1. The zero-order valence-corrected chi connectivity index (χ0v) is 9.69. The standard InChI is InChI=1S/C10H14N2O2S/c1-3-4-5-9(14)12-10-11-8(6-15-10)7(2)13/h6H,3-5H2,1-2H3,(H,11,12,14). The van der Waals surface area contributed by atoms with E-state index in [1.54, 1.807) is 5.38 Å². The van der Waals surface area contributed by atoms with Gasteiger partial charge in [0.1, 0.15) is 5.69 Å². The zero-order valence-electron chi connectivity index (χ0n) is 8.87. The van der Waals surface area contributed by atoms with Crippen LogP contribution in [0.1, 0.15) is 43.6 Å². The number of carbonyl (C=O) groups is 2. The quantitative estimate of drug-likeness (QED) is 0.785. The molecule has 1 rings (SSSR count). The molecule has 0 aliphatic carbocycles. The van der Waals surface area contributed by atoms with Gasteiger partial charge in [-0.2, -0.15) is 0 Å². The molecule has 0 atom stereocenters. The van der Waals surface area contributed by atoms with Crippen LogP contribution in [0.3, 0.4) is 0 Å². The van der Waals surface area contributed by atoms with Crippen LogP contribution in [0, 0.1) is 0 Å². The number of Topliss-reactive ketones (excluding diaryl/α,β-unsaturated/α-hetero) is 1. The SMILES string of the molecule is CCCCC(=O)Nc1nc(C(C)=O)cs1. The second kappa shape index (κ2) is 5.60. The number of unbranched alkanes of at least 4 members (excludes halogenated alkanes) is 1. The number of anilines is 1. The summed E-state index contributed by atoms with van der Waals surface area (Å²) in [5.41, 5.74) is 0.408. The molecular formula is C10H14N2O2S. The monoisotopic (exact) mass is 226 g/mol. The van der Waals surface area contributed by atoms with Gasteiger partial charge in [0.25, 0.3) is 0 Å². The van der Waals surface area contributed by atoms with Crippen molar-refractivity contribution in [2.75, 3.05) is 5.32 Å². The van der Waals surface area contributed by atoms with Crippen LogP contribution in [0.25, 0.3) is 0 Å². The first-order chi connectivity index (χ1) is 7.13. The molecule has 0 aliphatic rings. The van der Waals surface area contributed by atoms with E-state index in [4.69, 9.17) is 0 Å². The molecule has 5 heteroatoms. The summed E-state index contributed by atoms with van der Waals surface area (Å²) in [7, 11) is 0. The average Bonchev–Trinajstić information content (AvgIpc) is 2.63. The van der Waals surface area contributed by atoms with Crippen LogP contribution in [-0.2, 0) is 4.79 Å². The van der Waals surface area contributed by atoms with Crippen LogP contribution in [-0.4, -0.2) is 16.7 Å². The minimum absolute atomic E-state index is 0.0405. The van der Waals surface area contributed by atoms with Gasteiger partial charge < -0.3 is 5.32 Å². The summed E-state index contributed by atoms with van der Waals surface area (Å²) in [5, 5.41) is 4.82. The molecule has 0 aliphatic heterocycles. The van der Waals surface area contributed by atoms with E-state index in [1.165, 1.54) is 18.3 Å². The molecule has 0 radical (unpaired) electrons. The van der Waals surface area contributed by atoms with E-state index in [1.807, 2.05) is 6.92 Å². The number of ketones is 1. The summed E-state index contributed by atoms with van der Waals surface area (Å²) in [4.78, 5) is 26.3. The number of aromatic nitrogens is 1. The lowest BCUT2D eigenvalue weighted by Gasteiger charge is -1.99. The molecular weight excluding hydrogens is 212 g/mol. The number of amides is 1. The van der Waals surface area contributed by atoms with Crippen LogP contribution in [0.4, 0.5) is 5.13 Å². The van der Waals surface area contributed by atoms with Crippen LogP contribution >= 0.6 is 11.3 Å². The van der Waals surface area contributed by atoms with Crippen molar-refractivity contribution in [3.05, 3.63) is 11.1 Å². The molecule has 4 nitrogen and oxygen atoms in total. The fourth-order valence-electron chi connectivity index (χ4n) is 1.01. The molecule has 0 saturated heterocycles. The van der Waals surface area contributed by atoms with Crippen LogP contribution < -0.4 is 5.32 Å². The van der Waals surface area contributed by atoms with Crippen molar-refractivity contribution in [3.8, 4) is 0 Å². The number of carbonyl (C=O) groups excluding carboxylic acids is 2. The Morgan fingerprint density at radius 2 is 2.27 bits per heavy atom. The van der Waals surface area contributed by atoms with Gasteiger partial charge in [0.2, 0.25) is 5.91 Å². The molecule has 0 unspecified atom stereocenters. The molecule has 1 amide bonds. The maximum atomic E-state index is 11.3. The largest absolute Gasteiger partial charge is 0.302 e. The minimum Gasteiger partial charge on any atom is -0.302 e. The number of hydrogen-bond acceptors (Lipinski definition) is 4. The highest BCUT2D eigenvalue weighted by Gasteiger charge is 2.08.